The van der Waals surface area contributed by atoms with Crippen molar-refractivity contribution in [2.45, 2.75) is 0 Å². The van der Waals surface area contributed by atoms with E-state index in [2.05, 4.69) is 29.0 Å². The molecule has 2 aromatic carbocycles. The second-order valence-electron chi connectivity index (χ2n) is 7.33. The quantitative estimate of drug-likeness (QED) is 0.640. The zero-order valence-corrected chi connectivity index (χ0v) is 17.7. The first-order chi connectivity index (χ1) is 14.5. The van der Waals surface area contributed by atoms with E-state index in [1.165, 1.54) is 33.1 Å². The fraction of sp³-hybridized carbons (Fsp3) is 0.348. The van der Waals surface area contributed by atoms with E-state index < -0.39 is 0 Å². The number of likely N-dealkylation sites (N-methyl/N-ethyl adjacent to an activating group) is 1. The van der Waals surface area contributed by atoms with Crippen LogP contribution in [0.3, 0.4) is 0 Å². The SMILES string of the molecule is COc1cc2oc(-c3ccc(N4CCN(C)CC4)cc3)cc(=O)c2c(OC)c1OC. The van der Waals surface area contributed by atoms with Crippen LogP contribution in [0.1, 0.15) is 0 Å². The summed E-state index contributed by atoms with van der Waals surface area (Å²) in [7, 11) is 6.66. The average Bonchev–Trinajstić information content (AvgIpc) is 2.78. The summed E-state index contributed by atoms with van der Waals surface area (Å²) in [6.07, 6.45) is 0. The van der Waals surface area contributed by atoms with Crippen molar-refractivity contribution in [3.05, 3.63) is 46.6 Å². The number of ether oxygens (including phenoxy) is 3. The van der Waals surface area contributed by atoms with E-state index in [1.54, 1.807) is 6.07 Å². The van der Waals surface area contributed by atoms with Crippen molar-refractivity contribution in [2.75, 3.05) is 59.5 Å². The van der Waals surface area contributed by atoms with E-state index in [1.807, 2.05) is 12.1 Å². The molecule has 1 fully saturated rings. The maximum Gasteiger partial charge on any atom is 0.204 e. The Kier molecular flexibility index (Phi) is 5.55. The Bertz CT molecular complexity index is 1100. The number of benzene rings is 2. The molecule has 7 nitrogen and oxygen atoms in total. The average molecular weight is 410 g/mol. The van der Waals surface area contributed by atoms with Crippen molar-refractivity contribution in [2.24, 2.45) is 0 Å². The molecule has 0 saturated carbocycles. The lowest BCUT2D eigenvalue weighted by Crippen LogP contribution is -2.44. The van der Waals surface area contributed by atoms with Crippen molar-refractivity contribution in [3.8, 4) is 28.6 Å². The molecule has 1 aliphatic heterocycles. The van der Waals surface area contributed by atoms with Gasteiger partial charge < -0.3 is 28.4 Å². The van der Waals surface area contributed by atoms with Crippen molar-refractivity contribution in [1.82, 2.24) is 4.90 Å². The molecular weight excluding hydrogens is 384 g/mol. The third-order valence-corrected chi connectivity index (χ3v) is 5.54. The second kappa shape index (κ2) is 8.28. The van der Waals surface area contributed by atoms with Gasteiger partial charge in [-0.05, 0) is 31.3 Å². The van der Waals surface area contributed by atoms with Gasteiger partial charge in [0.25, 0.3) is 0 Å². The standard InChI is InChI=1S/C23H26N2O5/c1-24-9-11-25(12-10-24)16-7-5-15(6-8-16)18-13-17(26)21-19(30-18)14-20(27-2)22(28-3)23(21)29-4/h5-8,13-14H,9-12H2,1-4H3. The predicted octanol–water partition coefficient (Wildman–Crippen LogP) is 3.24. The topological polar surface area (TPSA) is 64.4 Å². The summed E-state index contributed by atoms with van der Waals surface area (Å²) >= 11 is 0. The third kappa shape index (κ3) is 3.57. The number of nitrogens with zero attached hydrogens (tertiary/aromatic N) is 2. The van der Waals surface area contributed by atoms with Gasteiger partial charge in [-0.2, -0.15) is 0 Å². The highest BCUT2D eigenvalue weighted by Gasteiger charge is 2.21. The Hall–Kier alpha value is -3.19. The normalized spacial score (nSPS) is 14.7. The molecule has 2 heterocycles. The molecule has 7 heteroatoms. The van der Waals surface area contributed by atoms with Gasteiger partial charge in [0.05, 0.1) is 21.3 Å². The number of piperazine rings is 1. The predicted molar refractivity (Wildman–Crippen MR) is 117 cm³/mol. The fourth-order valence-electron chi connectivity index (χ4n) is 3.83. The summed E-state index contributed by atoms with van der Waals surface area (Å²) in [5, 5.41) is 0.327. The van der Waals surface area contributed by atoms with Gasteiger partial charge in [-0.1, -0.05) is 0 Å². The monoisotopic (exact) mass is 410 g/mol. The molecule has 0 unspecified atom stereocenters. The molecule has 30 heavy (non-hydrogen) atoms. The molecule has 0 radical (unpaired) electrons. The van der Waals surface area contributed by atoms with Gasteiger partial charge in [0, 0.05) is 49.6 Å². The van der Waals surface area contributed by atoms with Crippen LogP contribution < -0.4 is 24.5 Å². The largest absolute Gasteiger partial charge is 0.493 e. The number of hydrogen-bond donors (Lipinski definition) is 0. The van der Waals surface area contributed by atoms with E-state index in [4.69, 9.17) is 18.6 Å². The van der Waals surface area contributed by atoms with Crippen LogP contribution in [0.5, 0.6) is 17.2 Å². The first-order valence-electron chi connectivity index (χ1n) is 9.86. The van der Waals surface area contributed by atoms with Gasteiger partial charge in [-0.25, -0.2) is 0 Å². The van der Waals surface area contributed by atoms with E-state index in [9.17, 15) is 4.79 Å². The summed E-state index contributed by atoms with van der Waals surface area (Å²) in [6, 6.07) is 11.2. The van der Waals surface area contributed by atoms with E-state index in [0.717, 1.165) is 31.7 Å². The summed E-state index contributed by atoms with van der Waals surface area (Å²) in [6.45, 7) is 4.10. The molecule has 0 N–H and O–H groups in total. The maximum absolute atomic E-state index is 12.9. The van der Waals surface area contributed by atoms with E-state index >= 15 is 0 Å². The molecule has 1 aromatic heterocycles. The smallest absolute Gasteiger partial charge is 0.204 e. The molecule has 1 aliphatic rings. The van der Waals surface area contributed by atoms with Crippen molar-refractivity contribution in [1.29, 1.82) is 0 Å². The fourth-order valence-corrected chi connectivity index (χ4v) is 3.83. The lowest BCUT2D eigenvalue weighted by molar-refractivity contribution is 0.313. The van der Waals surface area contributed by atoms with Gasteiger partial charge in [-0.15, -0.1) is 0 Å². The van der Waals surface area contributed by atoms with Crippen LogP contribution in [-0.2, 0) is 0 Å². The Morgan fingerprint density at radius 3 is 2.13 bits per heavy atom. The molecule has 0 spiro atoms. The first kappa shape index (κ1) is 20.1. The number of methoxy groups -OCH3 is 3. The van der Waals surface area contributed by atoms with Crippen LogP contribution in [0.15, 0.2) is 45.6 Å². The van der Waals surface area contributed by atoms with Crippen molar-refractivity contribution in [3.63, 3.8) is 0 Å². The minimum atomic E-state index is -0.202. The van der Waals surface area contributed by atoms with E-state index in [0.29, 0.717) is 34.0 Å². The molecule has 1 saturated heterocycles. The van der Waals surface area contributed by atoms with Crippen LogP contribution in [0.2, 0.25) is 0 Å². The molecule has 0 aliphatic carbocycles. The molecule has 0 bridgehead atoms. The summed E-state index contributed by atoms with van der Waals surface area (Å²) < 4.78 is 22.3. The Balaban J connectivity index is 1.74. The molecule has 3 aromatic rings. The van der Waals surface area contributed by atoms with Crippen LogP contribution in [0.4, 0.5) is 5.69 Å². The molecule has 4 rings (SSSR count). The summed E-state index contributed by atoms with van der Waals surface area (Å²) in [4.78, 5) is 17.6. The number of hydrogen-bond acceptors (Lipinski definition) is 7. The van der Waals surface area contributed by atoms with Crippen molar-refractivity contribution >= 4 is 16.7 Å². The molecule has 0 amide bonds. The van der Waals surface area contributed by atoms with Crippen LogP contribution in [0.25, 0.3) is 22.3 Å². The number of rotatable bonds is 5. The minimum Gasteiger partial charge on any atom is -0.493 e. The highest BCUT2D eigenvalue weighted by molar-refractivity contribution is 5.90. The lowest BCUT2D eigenvalue weighted by atomic mass is 10.1. The second-order valence-corrected chi connectivity index (χ2v) is 7.33. The molecule has 0 atom stereocenters. The Morgan fingerprint density at radius 1 is 0.867 bits per heavy atom. The van der Waals surface area contributed by atoms with Gasteiger partial charge in [0.15, 0.2) is 16.9 Å². The first-order valence-corrected chi connectivity index (χ1v) is 9.86. The van der Waals surface area contributed by atoms with Crippen LogP contribution in [0, 0.1) is 0 Å². The van der Waals surface area contributed by atoms with Crippen LogP contribution >= 0.6 is 0 Å². The number of anilines is 1. The lowest BCUT2D eigenvalue weighted by Gasteiger charge is -2.34. The summed E-state index contributed by atoms with van der Waals surface area (Å²) in [5.41, 5.74) is 2.19. The van der Waals surface area contributed by atoms with Gasteiger partial charge in [-0.3, -0.25) is 4.79 Å². The highest BCUT2D eigenvalue weighted by atomic mass is 16.5. The van der Waals surface area contributed by atoms with Crippen LogP contribution in [-0.4, -0.2) is 59.5 Å². The third-order valence-electron chi connectivity index (χ3n) is 5.54. The maximum atomic E-state index is 12.9. The zero-order valence-electron chi connectivity index (χ0n) is 17.7. The van der Waals surface area contributed by atoms with Crippen molar-refractivity contribution < 1.29 is 18.6 Å². The molecule has 158 valence electrons. The van der Waals surface area contributed by atoms with Gasteiger partial charge in [0.2, 0.25) is 5.75 Å². The number of fused-ring (bicyclic) bond motifs is 1. The zero-order chi connectivity index (χ0) is 21.3. The minimum absolute atomic E-state index is 0.202. The summed E-state index contributed by atoms with van der Waals surface area (Å²) in [5.74, 6) is 1.60. The highest BCUT2D eigenvalue weighted by Crippen LogP contribution is 2.42. The van der Waals surface area contributed by atoms with E-state index in [-0.39, 0.29) is 5.43 Å². The Labute approximate surface area is 175 Å². The Morgan fingerprint density at radius 2 is 1.53 bits per heavy atom. The van der Waals surface area contributed by atoms with Gasteiger partial charge >= 0.3 is 0 Å². The van der Waals surface area contributed by atoms with Gasteiger partial charge in [0.1, 0.15) is 16.7 Å². The molecular formula is C23H26N2O5.